The maximum Gasteiger partial charge on any atom is 0.0402 e. The van der Waals surface area contributed by atoms with Gasteiger partial charge in [-0.3, -0.25) is 0 Å². The van der Waals surface area contributed by atoms with Gasteiger partial charge in [0, 0.05) is 8.95 Å². The van der Waals surface area contributed by atoms with Crippen LogP contribution in [0.5, 0.6) is 0 Å². The SMILES string of the molecule is CC(C)(C)c1ccc(-c2ccc3ccc4c(Br)c(Br)c5ccc6ccc(-c7ccc(C(C)(C)C)cc7)cc6c5c4c3c2)cc1. The molecule has 0 aromatic heterocycles. The van der Waals surface area contributed by atoms with Crippen LogP contribution in [-0.2, 0) is 10.8 Å². The topological polar surface area (TPSA) is 0 Å². The van der Waals surface area contributed by atoms with Crippen LogP contribution in [0.25, 0.3) is 65.3 Å². The van der Waals surface area contributed by atoms with Gasteiger partial charge < -0.3 is 0 Å². The fraction of sp³-hybridized carbons (Fsp3) is 0.190. The molecule has 0 amide bonds. The van der Waals surface area contributed by atoms with Crippen LogP contribution in [0.4, 0.5) is 0 Å². The normalized spacial score (nSPS) is 12.5. The molecule has 0 nitrogen and oxygen atoms in total. The van der Waals surface area contributed by atoms with Crippen LogP contribution in [0.3, 0.4) is 0 Å². The summed E-state index contributed by atoms with van der Waals surface area (Å²) in [5, 5.41) is 10.0. The highest BCUT2D eigenvalue weighted by Crippen LogP contribution is 2.46. The summed E-state index contributed by atoms with van der Waals surface area (Å²) in [7, 11) is 0. The summed E-state index contributed by atoms with van der Waals surface area (Å²) in [4.78, 5) is 0. The van der Waals surface area contributed by atoms with Crippen molar-refractivity contribution < 1.29 is 0 Å². The zero-order chi connectivity index (χ0) is 31.0. The first kappa shape index (κ1) is 29.3. The van der Waals surface area contributed by atoms with Crippen LogP contribution in [-0.4, -0.2) is 0 Å². The average Bonchev–Trinajstić information content (AvgIpc) is 3.01. The second-order valence-corrected chi connectivity index (χ2v) is 15.7. The summed E-state index contributed by atoms with van der Waals surface area (Å²) in [5.74, 6) is 0. The van der Waals surface area contributed by atoms with Crippen molar-refractivity contribution in [3.63, 3.8) is 0 Å². The number of hydrogen-bond acceptors (Lipinski definition) is 0. The molecular formula is C42H36Br2. The minimum Gasteiger partial charge on any atom is -0.0579 e. The van der Waals surface area contributed by atoms with E-state index in [0.29, 0.717) is 0 Å². The zero-order valence-corrected chi connectivity index (χ0v) is 29.3. The first-order chi connectivity index (χ1) is 20.9. The molecule has 7 aromatic carbocycles. The second-order valence-electron chi connectivity index (χ2n) is 14.1. The van der Waals surface area contributed by atoms with E-state index in [9.17, 15) is 0 Å². The first-order valence-electron chi connectivity index (χ1n) is 15.3. The van der Waals surface area contributed by atoms with Gasteiger partial charge in [0.2, 0.25) is 0 Å². The van der Waals surface area contributed by atoms with Crippen LogP contribution >= 0.6 is 31.9 Å². The van der Waals surface area contributed by atoms with Crippen molar-refractivity contribution in [2.24, 2.45) is 0 Å². The van der Waals surface area contributed by atoms with E-state index in [1.165, 1.54) is 76.5 Å². The van der Waals surface area contributed by atoms with E-state index < -0.39 is 0 Å². The Labute approximate surface area is 277 Å². The summed E-state index contributed by atoms with van der Waals surface area (Å²) < 4.78 is 2.19. The summed E-state index contributed by atoms with van der Waals surface area (Å²) in [6.45, 7) is 13.6. The van der Waals surface area contributed by atoms with E-state index in [0.717, 1.165) is 8.95 Å². The summed E-state index contributed by atoms with van der Waals surface area (Å²) in [6, 6.07) is 41.0. The summed E-state index contributed by atoms with van der Waals surface area (Å²) in [6.07, 6.45) is 0. The lowest BCUT2D eigenvalue weighted by molar-refractivity contribution is 0.590. The number of benzene rings is 7. The molecule has 0 bridgehead atoms. The van der Waals surface area contributed by atoms with E-state index in [4.69, 9.17) is 0 Å². The summed E-state index contributed by atoms with van der Waals surface area (Å²) >= 11 is 7.94. The number of rotatable bonds is 2. The third kappa shape index (κ3) is 4.97. The molecule has 7 rings (SSSR count). The Morgan fingerprint density at radius 3 is 1.02 bits per heavy atom. The zero-order valence-electron chi connectivity index (χ0n) is 26.1. The maximum atomic E-state index is 3.97. The molecule has 2 heteroatoms. The third-order valence-electron chi connectivity index (χ3n) is 9.13. The van der Waals surface area contributed by atoms with Crippen molar-refractivity contribution in [2.45, 2.75) is 52.4 Å². The Morgan fingerprint density at radius 2 is 0.682 bits per heavy atom. The average molecular weight is 701 g/mol. The van der Waals surface area contributed by atoms with Crippen LogP contribution in [0.1, 0.15) is 52.7 Å². The van der Waals surface area contributed by atoms with Crippen molar-refractivity contribution in [3.05, 3.63) is 129 Å². The largest absolute Gasteiger partial charge is 0.0579 e. The van der Waals surface area contributed by atoms with Crippen molar-refractivity contribution >= 4 is 74.9 Å². The molecule has 7 aromatic rings. The van der Waals surface area contributed by atoms with Crippen LogP contribution in [0.15, 0.2) is 118 Å². The van der Waals surface area contributed by atoms with Crippen LogP contribution in [0.2, 0.25) is 0 Å². The number of fused-ring (bicyclic) bond motifs is 7. The second kappa shape index (κ2) is 10.6. The van der Waals surface area contributed by atoms with Crippen LogP contribution < -0.4 is 0 Å². The summed E-state index contributed by atoms with van der Waals surface area (Å²) in [5.41, 5.74) is 7.91. The van der Waals surface area contributed by atoms with Gasteiger partial charge in [0.1, 0.15) is 0 Å². The molecular weight excluding hydrogens is 664 g/mol. The van der Waals surface area contributed by atoms with Gasteiger partial charge in [0.15, 0.2) is 0 Å². The Balaban J connectivity index is 1.51. The molecule has 0 unspecified atom stereocenters. The monoisotopic (exact) mass is 698 g/mol. The quantitative estimate of drug-likeness (QED) is 0.158. The van der Waals surface area contributed by atoms with Gasteiger partial charge >= 0.3 is 0 Å². The van der Waals surface area contributed by atoms with E-state index in [-0.39, 0.29) is 10.8 Å². The van der Waals surface area contributed by atoms with Crippen LogP contribution in [0, 0.1) is 0 Å². The molecule has 0 radical (unpaired) electrons. The molecule has 0 N–H and O–H groups in total. The minimum atomic E-state index is 0.130. The van der Waals surface area contributed by atoms with E-state index in [1.807, 2.05) is 0 Å². The van der Waals surface area contributed by atoms with Gasteiger partial charge in [0.25, 0.3) is 0 Å². The highest BCUT2D eigenvalue weighted by atomic mass is 79.9. The lowest BCUT2D eigenvalue weighted by Gasteiger charge is -2.19. The lowest BCUT2D eigenvalue weighted by Crippen LogP contribution is -2.10. The Hall–Kier alpha value is -3.46. The smallest absolute Gasteiger partial charge is 0.0402 e. The van der Waals surface area contributed by atoms with Crippen molar-refractivity contribution in [2.75, 3.05) is 0 Å². The van der Waals surface area contributed by atoms with Crippen molar-refractivity contribution in [1.29, 1.82) is 0 Å². The fourth-order valence-corrected chi connectivity index (χ4v) is 7.55. The Bertz CT molecular complexity index is 2060. The fourth-order valence-electron chi connectivity index (χ4n) is 6.46. The first-order valence-corrected chi connectivity index (χ1v) is 16.9. The van der Waals surface area contributed by atoms with Gasteiger partial charge in [0.05, 0.1) is 0 Å². The van der Waals surface area contributed by atoms with Gasteiger partial charge in [-0.25, -0.2) is 0 Å². The van der Waals surface area contributed by atoms with Gasteiger partial charge in [-0.05, 0) is 131 Å². The molecule has 0 aliphatic carbocycles. The molecule has 44 heavy (non-hydrogen) atoms. The predicted octanol–water partition coefficient (Wildman–Crippen LogP) is 13.8. The number of halogens is 2. The van der Waals surface area contributed by atoms with Gasteiger partial charge in [-0.1, -0.05) is 139 Å². The van der Waals surface area contributed by atoms with E-state index in [2.05, 4.69) is 183 Å². The highest BCUT2D eigenvalue weighted by Gasteiger charge is 2.18. The molecule has 0 spiro atoms. The number of hydrogen-bond donors (Lipinski definition) is 0. The molecule has 0 saturated heterocycles. The molecule has 0 fully saturated rings. The highest BCUT2D eigenvalue weighted by molar-refractivity contribution is 9.13. The van der Waals surface area contributed by atoms with E-state index >= 15 is 0 Å². The molecule has 0 saturated carbocycles. The predicted molar refractivity (Wildman–Crippen MR) is 200 cm³/mol. The Kier molecular flexibility index (Phi) is 7.03. The molecule has 218 valence electrons. The van der Waals surface area contributed by atoms with Crippen molar-refractivity contribution in [3.8, 4) is 22.3 Å². The lowest BCUT2D eigenvalue weighted by atomic mass is 9.85. The molecule has 0 aliphatic heterocycles. The minimum absolute atomic E-state index is 0.130. The molecule has 0 atom stereocenters. The van der Waals surface area contributed by atoms with Crippen molar-refractivity contribution in [1.82, 2.24) is 0 Å². The Morgan fingerprint density at radius 1 is 0.364 bits per heavy atom. The third-order valence-corrected chi connectivity index (χ3v) is 11.3. The maximum absolute atomic E-state index is 3.97. The standard InChI is InChI=1S/C42H36Br2/c1-41(2,3)31-17-11-25(12-18-31)29-9-7-27-15-21-33-37(35(27)23-29)38-34(40(44)39(33)43)22-16-28-8-10-30(24-36(28)38)26-13-19-32(20-14-26)42(4,5)6/h7-24H,1-6H3. The van der Waals surface area contributed by atoms with Gasteiger partial charge in [-0.2, -0.15) is 0 Å². The molecule has 0 aliphatic rings. The molecule has 0 heterocycles. The van der Waals surface area contributed by atoms with E-state index in [1.54, 1.807) is 0 Å². The van der Waals surface area contributed by atoms with Gasteiger partial charge in [-0.15, -0.1) is 0 Å².